The highest BCUT2D eigenvalue weighted by atomic mass is 16.6. The topological polar surface area (TPSA) is 87.7 Å². The summed E-state index contributed by atoms with van der Waals surface area (Å²) < 4.78 is 5.31. The molecule has 0 aromatic heterocycles. The van der Waals surface area contributed by atoms with E-state index in [9.17, 15) is 14.7 Å². The first-order valence-electron chi connectivity index (χ1n) is 8.21. The van der Waals surface area contributed by atoms with E-state index in [1.807, 2.05) is 27.7 Å². The highest BCUT2D eigenvalue weighted by molar-refractivity contribution is 5.73. The van der Waals surface area contributed by atoms with Crippen molar-refractivity contribution in [1.29, 1.82) is 0 Å². The first-order valence-corrected chi connectivity index (χ1v) is 8.21. The Hall–Kier alpha value is -1.30. The number of carbonyl (C=O) groups excluding carboxylic acids is 1. The molecule has 6 nitrogen and oxygen atoms in total. The monoisotopic (exact) mass is 314 g/mol. The average molecular weight is 314 g/mol. The molecule has 1 rings (SSSR count). The lowest BCUT2D eigenvalue weighted by molar-refractivity contribution is -0.139. The summed E-state index contributed by atoms with van der Waals surface area (Å²) in [6, 6.07) is -0.701. The van der Waals surface area contributed by atoms with Crippen molar-refractivity contribution in [2.75, 3.05) is 0 Å². The molecule has 0 bridgehead atoms. The van der Waals surface area contributed by atoms with Crippen LogP contribution in [0, 0.1) is 0 Å². The lowest BCUT2D eigenvalue weighted by Crippen LogP contribution is -2.54. The standard InChI is InChI=1S/C16H30N2O4/c1-5-11(14(19)20)17-12-9-7-6-8-10-13(12)18-15(21)22-16(2,3)4/h11-13,17H,5-10H2,1-4H3,(H,18,21)(H,19,20). The van der Waals surface area contributed by atoms with Gasteiger partial charge in [-0.3, -0.25) is 10.1 Å². The second-order valence-electron chi connectivity index (χ2n) is 6.96. The summed E-state index contributed by atoms with van der Waals surface area (Å²) >= 11 is 0. The van der Waals surface area contributed by atoms with Gasteiger partial charge >= 0.3 is 12.1 Å². The van der Waals surface area contributed by atoms with E-state index in [1.54, 1.807) is 0 Å². The molecule has 1 amide bonds. The van der Waals surface area contributed by atoms with E-state index >= 15 is 0 Å². The lowest BCUT2D eigenvalue weighted by Gasteiger charge is -2.30. The van der Waals surface area contributed by atoms with E-state index < -0.39 is 23.7 Å². The Morgan fingerprint density at radius 3 is 2.27 bits per heavy atom. The molecule has 0 spiro atoms. The number of hydrogen-bond donors (Lipinski definition) is 3. The lowest BCUT2D eigenvalue weighted by atomic mass is 10.0. The van der Waals surface area contributed by atoms with Gasteiger partial charge < -0.3 is 15.2 Å². The van der Waals surface area contributed by atoms with Crippen LogP contribution in [0.25, 0.3) is 0 Å². The number of rotatable bonds is 5. The third-order valence-electron chi connectivity index (χ3n) is 3.84. The Labute approximate surface area is 133 Å². The second-order valence-corrected chi connectivity index (χ2v) is 6.96. The van der Waals surface area contributed by atoms with Gasteiger partial charge in [-0.15, -0.1) is 0 Å². The van der Waals surface area contributed by atoms with Crippen molar-refractivity contribution in [3.05, 3.63) is 0 Å². The number of ether oxygens (including phenoxy) is 1. The van der Waals surface area contributed by atoms with E-state index in [2.05, 4.69) is 10.6 Å². The van der Waals surface area contributed by atoms with Crippen LogP contribution in [0.4, 0.5) is 4.79 Å². The number of hydrogen-bond acceptors (Lipinski definition) is 4. The van der Waals surface area contributed by atoms with Crippen LogP contribution in [0.1, 0.15) is 66.2 Å². The Morgan fingerprint density at radius 1 is 1.18 bits per heavy atom. The fourth-order valence-corrected chi connectivity index (χ4v) is 2.76. The molecule has 1 aliphatic carbocycles. The fraction of sp³-hybridized carbons (Fsp3) is 0.875. The van der Waals surface area contributed by atoms with Gasteiger partial charge in [0.2, 0.25) is 0 Å². The summed E-state index contributed by atoms with van der Waals surface area (Å²) in [6.45, 7) is 7.33. The summed E-state index contributed by atoms with van der Waals surface area (Å²) in [6.07, 6.45) is 4.97. The van der Waals surface area contributed by atoms with Crippen LogP contribution in [0.5, 0.6) is 0 Å². The summed E-state index contributed by atoms with van der Waals surface area (Å²) in [5, 5.41) is 15.3. The molecule has 0 aromatic carbocycles. The van der Waals surface area contributed by atoms with Crippen molar-refractivity contribution in [3.8, 4) is 0 Å². The SMILES string of the molecule is CCC(NC1CCCCCC1NC(=O)OC(C)(C)C)C(=O)O. The second kappa shape index (κ2) is 8.36. The van der Waals surface area contributed by atoms with Gasteiger partial charge in [-0.25, -0.2) is 4.79 Å². The zero-order valence-electron chi connectivity index (χ0n) is 14.1. The largest absolute Gasteiger partial charge is 0.480 e. The Morgan fingerprint density at radius 2 is 1.77 bits per heavy atom. The van der Waals surface area contributed by atoms with Crippen molar-refractivity contribution in [2.45, 2.75) is 89.9 Å². The van der Waals surface area contributed by atoms with E-state index in [-0.39, 0.29) is 12.1 Å². The fourth-order valence-electron chi connectivity index (χ4n) is 2.76. The highest BCUT2D eigenvalue weighted by Crippen LogP contribution is 2.20. The molecule has 0 aliphatic heterocycles. The van der Waals surface area contributed by atoms with Gasteiger partial charge in [0, 0.05) is 12.1 Å². The van der Waals surface area contributed by atoms with Crippen LogP contribution >= 0.6 is 0 Å². The van der Waals surface area contributed by atoms with Gasteiger partial charge in [0.05, 0.1) is 0 Å². The number of aliphatic carboxylic acids is 1. The molecule has 1 aliphatic rings. The van der Waals surface area contributed by atoms with Crippen LogP contribution < -0.4 is 10.6 Å². The van der Waals surface area contributed by atoms with Gasteiger partial charge in [0.15, 0.2) is 0 Å². The van der Waals surface area contributed by atoms with Gasteiger partial charge in [0.1, 0.15) is 11.6 Å². The Bertz CT molecular complexity index is 379. The van der Waals surface area contributed by atoms with E-state index in [4.69, 9.17) is 4.74 Å². The predicted octanol–water partition coefficient (Wildman–Crippen LogP) is 2.67. The van der Waals surface area contributed by atoms with E-state index in [1.165, 1.54) is 0 Å². The Balaban J connectivity index is 2.69. The zero-order chi connectivity index (χ0) is 16.8. The molecule has 128 valence electrons. The quantitative estimate of drug-likeness (QED) is 0.679. The first-order chi connectivity index (χ1) is 10.2. The van der Waals surface area contributed by atoms with Crippen molar-refractivity contribution < 1.29 is 19.4 Å². The molecular weight excluding hydrogens is 284 g/mol. The third kappa shape index (κ3) is 6.64. The van der Waals surface area contributed by atoms with Crippen molar-refractivity contribution in [1.82, 2.24) is 10.6 Å². The minimum Gasteiger partial charge on any atom is -0.480 e. The van der Waals surface area contributed by atoms with Crippen LogP contribution in [0.3, 0.4) is 0 Å². The number of carbonyl (C=O) groups is 2. The van der Waals surface area contributed by atoms with Crippen LogP contribution in [0.2, 0.25) is 0 Å². The van der Waals surface area contributed by atoms with Crippen molar-refractivity contribution in [3.63, 3.8) is 0 Å². The molecule has 0 aromatic rings. The normalized spacial score (nSPS) is 24.2. The molecule has 1 fully saturated rings. The maximum atomic E-state index is 12.0. The molecule has 3 N–H and O–H groups in total. The molecule has 6 heteroatoms. The summed E-state index contributed by atoms with van der Waals surface area (Å²) in [5.41, 5.74) is -0.537. The third-order valence-corrected chi connectivity index (χ3v) is 3.84. The highest BCUT2D eigenvalue weighted by Gasteiger charge is 2.30. The van der Waals surface area contributed by atoms with Crippen molar-refractivity contribution in [2.24, 2.45) is 0 Å². The molecular formula is C16H30N2O4. The molecule has 1 saturated carbocycles. The predicted molar refractivity (Wildman–Crippen MR) is 84.9 cm³/mol. The van der Waals surface area contributed by atoms with Crippen LogP contribution in [-0.4, -0.2) is 40.9 Å². The summed E-state index contributed by atoms with van der Waals surface area (Å²) in [7, 11) is 0. The minimum absolute atomic E-state index is 0.0314. The summed E-state index contributed by atoms with van der Waals surface area (Å²) in [4.78, 5) is 23.2. The number of carboxylic acid groups (broad SMARTS) is 1. The van der Waals surface area contributed by atoms with Gasteiger partial charge in [-0.05, 0) is 40.0 Å². The molecule has 0 saturated heterocycles. The number of amides is 1. The van der Waals surface area contributed by atoms with E-state index in [0.29, 0.717) is 6.42 Å². The average Bonchev–Trinajstić information content (AvgIpc) is 2.58. The first kappa shape index (κ1) is 18.7. The minimum atomic E-state index is -0.845. The maximum absolute atomic E-state index is 12.0. The van der Waals surface area contributed by atoms with E-state index in [0.717, 1.165) is 32.1 Å². The number of carboxylic acids is 1. The molecule has 0 radical (unpaired) electrons. The van der Waals surface area contributed by atoms with Crippen LogP contribution in [-0.2, 0) is 9.53 Å². The smallest absolute Gasteiger partial charge is 0.407 e. The zero-order valence-corrected chi connectivity index (χ0v) is 14.1. The Kier molecular flexibility index (Phi) is 7.13. The maximum Gasteiger partial charge on any atom is 0.407 e. The van der Waals surface area contributed by atoms with Crippen molar-refractivity contribution >= 4 is 12.1 Å². The van der Waals surface area contributed by atoms with Gasteiger partial charge in [0.25, 0.3) is 0 Å². The molecule has 0 heterocycles. The van der Waals surface area contributed by atoms with Gasteiger partial charge in [-0.2, -0.15) is 0 Å². The molecule has 3 atom stereocenters. The number of alkyl carbamates (subject to hydrolysis) is 1. The number of nitrogens with one attached hydrogen (secondary N) is 2. The summed E-state index contributed by atoms with van der Waals surface area (Å²) in [5.74, 6) is -0.845. The molecule has 3 unspecified atom stereocenters. The molecule has 22 heavy (non-hydrogen) atoms. The van der Waals surface area contributed by atoms with Crippen LogP contribution in [0.15, 0.2) is 0 Å². The van der Waals surface area contributed by atoms with Gasteiger partial charge in [-0.1, -0.05) is 26.2 Å².